The summed E-state index contributed by atoms with van der Waals surface area (Å²) in [5, 5.41) is 0. The van der Waals surface area contributed by atoms with Gasteiger partial charge in [0.05, 0.1) is 11.4 Å². The molecule has 0 fully saturated rings. The second kappa shape index (κ2) is 4.84. The summed E-state index contributed by atoms with van der Waals surface area (Å²) < 4.78 is 0. The molecule has 0 aromatic carbocycles. The number of nitrogens with two attached hydrogens (primary N) is 1. The predicted molar refractivity (Wildman–Crippen MR) is 67.0 cm³/mol. The summed E-state index contributed by atoms with van der Waals surface area (Å²) in [4.78, 5) is 8.76. The molecule has 0 aliphatic carbocycles. The van der Waals surface area contributed by atoms with Crippen molar-refractivity contribution in [2.45, 2.75) is 38.9 Å². The van der Waals surface area contributed by atoms with E-state index in [1.54, 1.807) is 0 Å². The lowest BCUT2D eigenvalue weighted by atomic mass is 9.92. The van der Waals surface area contributed by atoms with Crippen LogP contribution in [-0.2, 0) is 11.2 Å². The second-order valence-electron chi connectivity index (χ2n) is 4.48. The Morgan fingerprint density at radius 3 is 2.53 bits per heavy atom. The lowest BCUT2D eigenvalue weighted by molar-refractivity contribution is 0.564. The molecule has 1 aromatic heterocycles. The largest absolute Gasteiger partial charge is 0.384 e. The molecule has 4 heteroatoms. The highest BCUT2D eigenvalue weighted by atomic mass is 32.2. The summed E-state index contributed by atoms with van der Waals surface area (Å²) in [7, 11) is 0. The van der Waals surface area contributed by atoms with Gasteiger partial charge in [-0.1, -0.05) is 27.7 Å². The summed E-state index contributed by atoms with van der Waals surface area (Å²) in [5.41, 5.74) is 6.81. The van der Waals surface area contributed by atoms with Crippen LogP contribution in [0.3, 0.4) is 0 Å². The molecule has 0 bridgehead atoms. The van der Waals surface area contributed by atoms with Crippen molar-refractivity contribution < 1.29 is 0 Å². The smallest absolute Gasteiger partial charge is 0.140 e. The van der Waals surface area contributed by atoms with E-state index in [1.807, 2.05) is 17.8 Å². The minimum absolute atomic E-state index is 0.0304. The Labute approximate surface area is 95.9 Å². The molecule has 0 atom stereocenters. The molecular formula is C11H19N3S. The summed E-state index contributed by atoms with van der Waals surface area (Å²) >= 11 is 1.81. The quantitative estimate of drug-likeness (QED) is 0.859. The molecule has 0 amide bonds. The Morgan fingerprint density at radius 2 is 2.00 bits per heavy atom. The standard InChI is InChI=1S/C11H19N3S/c1-5-15-7-10-13-8(11(2,3)4)6-9(12)14-10/h6H,5,7H2,1-4H3,(H2,12,13,14). The Hall–Kier alpha value is -0.770. The second-order valence-corrected chi connectivity index (χ2v) is 5.76. The molecule has 3 nitrogen and oxygen atoms in total. The molecule has 84 valence electrons. The summed E-state index contributed by atoms with van der Waals surface area (Å²) in [6, 6.07) is 1.86. The average molecular weight is 225 g/mol. The zero-order chi connectivity index (χ0) is 11.5. The number of thioether (sulfide) groups is 1. The van der Waals surface area contributed by atoms with Crippen molar-refractivity contribution in [3.63, 3.8) is 0 Å². The first-order valence-electron chi connectivity index (χ1n) is 5.15. The van der Waals surface area contributed by atoms with Gasteiger partial charge in [-0.05, 0) is 5.75 Å². The van der Waals surface area contributed by atoms with E-state index in [4.69, 9.17) is 5.73 Å². The fourth-order valence-electron chi connectivity index (χ4n) is 1.16. The van der Waals surface area contributed by atoms with Gasteiger partial charge < -0.3 is 5.73 Å². The number of hydrogen-bond donors (Lipinski definition) is 1. The summed E-state index contributed by atoms with van der Waals surface area (Å²) in [6.07, 6.45) is 0. The van der Waals surface area contributed by atoms with Crippen LogP contribution < -0.4 is 5.73 Å². The van der Waals surface area contributed by atoms with Crippen molar-refractivity contribution in [3.05, 3.63) is 17.6 Å². The third-order valence-electron chi connectivity index (χ3n) is 2.00. The van der Waals surface area contributed by atoms with E-state index in [9.17, 15) is 0 Å². The van der Waals surface area contributed by atoms with Crippen LogP contribution in [0.15, 0.2) is 6.07 Å². The Bertz CT molecular complexity index is 331. The van der Waals surface area contributed by atoms with E-state index in [1.165, 1.54) is 0 Å². The molecule has 1 rings (SSSR count). The zero-order valence-electron chi connectivity index (χ0n) is 9.87. The number of nitrogen functional groups attached to an aromatic ring is 1. The van der Waals surface area contributed by atoms with Crippen LogP contribution in [0.2, 0.25) is 0 Å². The van der Waals surface area contributed by atoms with Gasteiger partial charge in [0.1, 0.15) is 11.6 Å². The highest BCUT2D eigenvalue weighted by molar-refractivity contribution is 7.98. The molecule has 1 heterocycles. The van der Waals surface area contributed by atoms with Gasteiger partial charge in [0.25, 0.3) is 0 Å². The van der Waals surface area contributed by atoms with Gasteiger partial charge in [0, 0.05) is 11.5 Å². The van der Waals surface area contributed by atoms with E-state index in [0.717, 1.165) is 23.0 Å². The number of nitrogens with zero attached hydrogens (tertiary/aromatic N) is 2. The van der Waals surface area contributed by atoms with Crippen molar-refractivity contribution in [1.29, 1.82) is 0 Å². The van der Waals surface area contributed by atoms with E-state index in [0.29, 0.717) is 5.82 Å². The van der Waals surface area contributed by atoms with Gasteiger partial charge in [-0.25, -0.2) is 9.97 Å². The lowest BCUT2D eigenvalue weighted by Crippen LogP contribution is -2.16. The van der Waals surface area contributed by atoms with Gasteiger partial charge in [-0.2, -0.15) is 11.8 Å². The molecule has 1 aromatic rings. The van der Waals surface area contributed by atoms with E-state index >= 15 is 0 Å². The molecule has 0 spiro atoms. The first kappa shape index (κ1) is 12.3. The molecule has 0 saturated carbocycles. The molecule has 2 N–H and O–H groups in total. The molecule has 0 unspecified atom stereocenters. The highest BCUT2D eigenvalue weighted by Crippen LogP contribution is 2.22. The maximum absolute atomic E-state index is 5.77. The average Bonchev–Trinajstić information content (AvgIpc) is 2.12. The normalized spacial score (nSPS) is 11.7. The Morgan fingerprint density at radius 1 is 1.33 bits per heavy atom. The zero-order valence-corrected chi connectivity index (χ0v) is 10.7. The SMILES string of the molecule is CCSCc1nc(N)cc(C(C)(C)C)n1. The van der Waals surface area contributed by atoms with Crippen molar-refractivity contribution in [1.82, 2.24) is 9.97 Å². The molecule has 15 heavy (non-hydrogen) atoms. The molecule has 0 aliphatic heterocycles. The van der Waals surface area contributed by atoms with Crippen molar-refractivity contribution in [2.75, 3.05) is 11.5 Å². The van der Waals surface area contributed by atoms with Gasteiger partial charge in [0.2, 0.25) is 0 Å². The monoisotopic (exact) mass is 225 g/mol. The maximum Gasteiger partial charge on any atom is 0.140 e. The van der Waals surface area contributed by atoms with Gasteiger partial charge >= 0.3 is 0 Å². The minimum atomic E-state index is 0.0304. The van der Waals surface area contributed by atoms with Crippen LogP contribution in [0.5, 0.6) is 0 Å². The highest BCUT2D eigenvalue weighted by Gasteiger charge is 2.17. The fraction of sp³-hybridized carbons (Fsp3) is 0.636. The van der Waals surface area contributed by atoms with Crippen LogP contribution in [0.1, 0.15) is 39.2 Å². The van der Waals surface area contributed by atoms with Crippen LogP contribution in [0.25, 0.3) is 0 Å². The maximum atomic E-state index is 5.77. The van der Waals surface area contributed by atoms with Crippen molar-refractivity contribution >= 4 is 17.6 Å². The van der Waals surface area contributed by atoms with E-state index in [-0.39, 0.29) is 5.41 Å². The number of rotatable bonds is 3. The number of anilines is 1. The van der Waals surface area contributed by atoms with E-state index < -0.39 is 0 Å². The van der Waals surface area contributed by atoms with Crippen LogP contribution >= 0.6 is 11.8 Å². The van der Waals surface area contributed by atoms with Crippen molar-refractivity contribution in [2.24, 2.45) is 0 Å². The van der Waals surface area contributed by atoms with Crippen LogP contribution in [-0.4, -0.2) is 15.7 Å². The predicted octanol–water partition coefficient (Wildman–Crippen LogP) is 2.61. The Balaban J connectivity index is 2.95. The van der Waals surface area contributed by atoms with Crippen molar-refractivity contribution in [3.8, 4) is 0 Å². The van der Waals surface area contributed by atoms with E-state index in [2.05, 4.69) is 37.7 Å². The Kier molecular flexibility index (Phi) is 3.97. The molecule has 0 aliphatic rings. The number of hydrogen-bond acceptors (Lipinski definition) is 4. The fourth-order valence-corrected chi connectivity index (χ4v) is 1.68. The van der Waals surface area contributed by atoms with Gasteiger partial charge in [-0.15, -0.1) is 0 Å². The lowest BCUT2D eigenvalue weighted by Gasteiger charge is -2.18. The molecular weight excluding hydrogens is 206 g/mol. The first-order chi connectivity index (χ1) is 6.93. The van der Waals surface area contributed by atoms with Crippen LogP contribution in [0.4, 0.5) is 5.82 Å². The third kappa shape index (κ3) is 3.70. The minimum Gasteiger partial charge on any atom is -0.384 e. The number of aromatic nitrogens is 2. The summed E-state index contributed by atoms with van der Waals surface area (Å²) in [5.74, 6) is 3.32. The van der Waals surface area contributed by atoms with Crippen LogP contribution in [0, 0.1) is 0 Å². The topological polar surface area (TPSA) is 51.8 Å². The van der Waals surface area contributed by atoms with Gasteiger partial charge in [0.15, 0.2) is 0 Å². The first-order valence-corrected chi connectivity index (χ1v) is 6.30. The molecule has 0 saturated heterocycles. The molecule has 0 radical (unpaired) electrons. The van der Waals surface area contributed by atoms with Gasteiger partial charge in [-0.3, -0.25) is 0 Å². The third-order valence-corrected chi connectivity index (χ3v) is 2.87. The summed E-state index contributed by atoms with van der Waals surface area (Å²) in [6.45, 7) is 8.52.